The smallest absolute Gasteiger partial charge is 0.406 e. The number of nitrogens with zero attached hydrogens (tertiary/aromatic N) is 3. The summed E-state index contributed by atoms with van der Waals surface area (Å²) >= 11 is 0. The number of aromatic nitrogens is 2. The second-order valence-electron chi connectivity index (χ2n) is 5.32. The molecular formula is C16H14F3N3O3. The molecule has 9 heteroatoms. The predicted octanol–water partition coefficient (Wildman–Crippen LogP) is 2.36. The molecule has 6 nitrogen and oxygen atoms in total. The lowest BCUT2D eigenvalue weighted by Crippen LogP contribution is -2.29. The number of rotatable bonds is 4. The van der Waals surface area contributed by atoms with Crippen LogP contribution in [0.4, 0.5) is 13.2 Å². The maximum atomic E-state index is 12.2. The second kappa shape index (κ2) is 6.94. The van der Waals surface area contributed by atoms with Crippen molar-refractivity contribution in [2.75, 3.05) is 0 Å². The van der Waals surface area contributed by atoms with E-state index in [0.717, 1.165) is 16.8 Å². The van der Waals surface area contributed by atoms with Gasteiger partial charge in [-0.2, -0.15) is 10.4 Å². The number of nitriles is 1. The second-order valence-corrected chi connectivity index (χ2v) is 5.32. The summed E-state index contributed by atoms with van der Waals surface area (Å²) in [4.78, 5) is 12.2. The molecule has 1 N–H and O–H groups in total. The van der Waals surface area contributed by atoms with Crippen molar-refractivity contribution in [1.82, 2.24) is 9.78 Å². The monoisotopic (exact) mass is 353 g/mol. The molecule has 1 heterocycles. The standard InChI is InChI=1S/C16H14F3N3O3/c1-9-10(2)21-22(15(24)13(9)7-20)8-14(23)11-3-5-12(6-4-11)25-16(17,18)19/h3-6,14,23H,8H2,1-2H3/t14-/m0/s1. The Morgan fingerprint density at radius 2 is 1.92 bits per heavy atom. The van der Waals surface area contributed by atoms with Gasteiger partial charge in [-0.15, -0.1) is 13.2 Å². The number of alkyl halides is 3. The third-order valence-corrected chi connectivity index (χ3v) is 3.59. The minimum Gasteiger partial charge on any atom is -0.406 e. The molecule has 0 aliphatic rings. The largest absolute Gasteiger partial charge is 0.573 e. The molecule has 1 aromatic heterocycles. The van der Waals surface area contributed by atoms with Crippen LogP contribution in [-0.2, 0) is 6.54 Å². The zero-order chi connectivity index (χ0) is 18.8. The molecule has 2 aromatic rings. The average molecular weight is 353 g/mol. The van der Waals surface area contributed by atoms with Crippen LogP contribution in [-0.4, -0.2) is 21.2 Å². The lowest BCUT2D eigenvalue weighted by molar-refractivity contribution is -0.274. The number of aliphatic hydroxyl groups is 1. The first kappa shape index (κ1) is 18.5. The first-order chi connectivity index (χ1) is 11.6. The van der Waals surface area contributed by atoms with E-state index in [9.17, 15) is 23.1 Å². The minimum absolute atomic E-state index is 0.0615. The third kappa shape index (κ3) is 4.36. The maximum absolute atomic E-state index is 12.2. The summed E-state index contributed by atoms with van der Waals surface area (Å²) in [5, 5.41) is 23.3. The quantitative estimate of drug-likeness (QED) is 0.912. The van der Waals surface area contributed by atoms with Gasteiger partial charge < -0.3 is 9.84 Å². The van der Waals surface area contributed by atoms with Crippen LogP contribution in [0.2, 0.25) is 0 Å². The fourth-order valence-electron chi connectivity index (χ4n) is 2.19. The lowest BCUT2D eigenvalue weighted by Gasteiger charge is -2.15. The zero-order valence-electron chi connectivity index (χ0n) is 13.3. The Kier molecular flexibility index (Phi) is 5.13. The van der Waals surface area contributed by atoms with Gasteiger partial charge in [0.25, 0.3) is 5.56 Å². The number of benzene rings is 1. The van der Waals surface area contributed by atoms with E-state index in [0.29, 0.717) is 11.3 Å². The molecule has 0 unspecified atom stereocenters. The Bertz CT molecular complexity index is 868. The third-order valence-electron chi connectivity index (χ3n) is 3.59. The van der Waals surface area contributed by atoms with Crippen LogP contribution in [0.25, 0.3) is 0 Å². The summed E-state index contributed by atoms with van der Waals surface area (Å²) in [6, 6.07) is 6.43. The van der Waals surface area contributed by atoms with Gasteiger partial charge in [0.2, 0.25) is 0 Å². The van der Waals surface area contributed by atoms with E-state index in [2.05, 4.69) is 9.84 Å². The SMILES string of the molecule is Cc1nn(C[C@H](O)c2ccc(OC(F)(F)F)cc2)c(=O)c(C#N)c1C. The maximum Gasteiger partial charge on any atom is 0.573 e. The number of aryl methyl sites for hydroxylation is 1. The van der Waals surface area contributed by atoms with Gasteiger partial charge in [-0.1, -0.05) is 12.1 Å². The number of hydrogen-bond donors (Lipinski definition) is 1. The fraction of sp³-hybridized carbons (Fsp3) is 0.312. The Balaban J connectivity index is 2.23. The highest BCUT2D eigenvalue weighted by molar-refractivity contribution is 5.36. The van der Waals surface area contributed by atoms with Gasteiger partial charge in [0.15, 0.2) is 0 Å². The number of halogens is 3. The van der Waals surface area contributed by atoms with E-state index in [-0.39, 0.29) is 17.7 Å². The highest BCUT2D eigenvalue weighted by Gasteiger charge is 2.31. The summed E-state index contributed by atoms with van der Waals surface area (Å²) < 4.78 is 41.1. The van der Waals surface area contributed by atoms with E-state index in [1.165, 1.54) is 12.1 Å². The van der Waals surface area contributed by atoms with E-state index < -0.39 is 23.8 Å². The van der Waals surface area contributed by atoms with Crippen molar-refractivity contribution < 1.29 is 23.0 Å². The van der Waals surface area contributed by atoms with E-state index >= 15 is 0 Å². The number of ether oxygens (including phenoxy) is 1. The normalized spacial score (nSPS) is 12.5. The van der Waals surface area contributed by atoms with Crippen molar-refractivity contribution in [1.29, 1.82) is 5.26 Å². The van der Waals surface area contributed by atoms with Crippen molar-refractivity contribution in [3.8, 4) is 11.8 Å². The zero-order valence-corrected chi connectivity index (χ0v) is 13.3. The first-order valence-corrected chi connectivity index (χ1v) is 7.14. The van der Waals surface area contributed by atoms with Crippen LogP contribution in [0.5, 0.6) is 5.75 Å². The van der Waals surface area contributed by atoms with Crippen LogP contribution in [0.1, 0.15) is 28.5 Å². The molecule has 0 aliphatic carbocycles. The highest BCUT2D eigenvalue weighted by atomic mass is 19.4. The van der Waals surface area contributed by atoms with Crippen molar-refractivity contribution in [3.05, 3.63) is 57.0 Å². The van der Waals surface area contributed by atoms with E-state index in [4.69, 9.17) is 5.26 Å². The Labute approximate surface area is 140 Å². The molecule has 0 aliphatic heterocycles. The van der Waals surface area contributed by atoms with Crippen LogP contribution in [0.3, 0.4) is 0 Å². The summed E-state index contributed by atoms with van der Waals surface area (Å²) in [5.41, 5.74) is 0.513. The summed E-state index contributed by atoms with van der Waals surface area (Å²) in [7, 11) is 0. The van der Waals surface area contributed by atoms with Crippen molar-refractivity contribution >= 4 is 0 Å². The molecule has 0 amide bonds. The predicted molar refractivity (Wildman–Crippen MR) is 80.8 cm³/mol. The van der Waals surface area contributed by atoms with Gasteiger partial charge in [0, 0.05) is 0 Å². The average Bonchev–Trinajstić information content (AvgIpc) is 2.52. The molecule has 25 heavy (non-hydrogen) atoms. The summed E-state index contributed by atoms with van der Waals surface area (Å²) in [6.07, 6.45) is -6.00. The molecule has 0 fully saturated rings. The number of hydrogen-bond acceptors (Lipinski definition) is 5. The van der Waals surface area contributed by atoms with Crippen molar-refractivity contribution in [2.45, 2.75) is 32.9 Å². The molecule has 0 spiro atoms. The van der Waals surface area contributed by atoms with Crippen molar-refractivity contribution in [3.63, 3.8) is 0 Å². The van der Waals surface area contributed by atoms with Gasteiger partial charge in [0.1, 0.15) is 17.4 Å². The first-order valence-electron chi connectivity index (χ1n) is 7.14. The molecule has 0 saturated carbocycles. The Morgan fingerprint density at radius 3 is 2.44 bits per heavy atom. The topological polar surface area (TPSA) is 88.1 Å². The molecule has 1 aromatic carbocycles. The van der Waals surface area contributed by atoms with Crippen LogP contribution in [0, 0.1) is 25.2 Å². The number of aliphatic hydroxyl groups excluding tert-OH is 1. The Hall–Kier alpha value is -2.86. The Morgan fingerprint density at radius 1 is 1.32 bits per heavy atom. The van der Waals surface area contributed by atoms with Crippen LogP contribution in [0.15, 0.2) is 29.1 Å². The molecule has 2 rings (SSSR count). The van der Waals surface area contributed by atoms with Gasteiger partial charge in [-0.25, -0.2) is 4.68 Å². The minimum atomic E-state index is -4.80. The lowest BCUT2D eigenvalue weighted by atomic mass is 10.1. The molecule has 0 saturated heterocycles. The fourth-order valence-corrected chi connectivity index (χ4v) is 2.19. The summed E-state index contributed by atoms with van der Waals surface area (Å²) in [5.74, 6) is -0.420. The summed E-state index contributed by atoms with van der Waals surface area (Å²) in [6.45, 7) is 2.98. The van der Waals surface area contributed by atoms with Crippen LogP contribution >= 0.6 is 0 Å². The van der Waals surface area contributed by atoms with E-state index in [1.807, 2.05) is 6.07 Å². The molecule has 132 valence electrons. The molecular weight excluding hydrogens is 339 g/mol. The van der Waals surface area contributed by atoms with E-state index in [1.54, 1.807) is 13.8 Å². The molecule has 0 bridgehead atoms. The van der Waals surface area contributed by atoms with Gasteiger partial charge in [0.05, 0.1) is 18.3 Å². The molecule has 1 atom stereocenters. The van der Waals surface area contributed by atoms with Gasteiger partial charge in [-0.3, -0.25) is 4.79 Å². The van der Waals surface area contributed by atoms with Gasteiger partial charge >= 0.3 is 6.36 Å². The van der Waals surface area contributed by atoms with Crippen molar-refractivity contribution in [2.24, 2.45) is 0 Å². The van der Waals surface area contributed by atoms with Crippen LogP contribution < -0.4 is 10.3 Å². The molecule has 0 radical (unpaired) electrons. The highest BCUT2D eigenvalue weighted by Crippen LogP contribution is 2.24. The van der Waals surface area contributed by atoms with Gasteiger partial charge in [-0.05, 0) is 37.1 Å².